The SMILES string of the molecule is CCCCN(C)c1ccc(C(=O)Nc2ccc(OC)c(OCCOC)c2)cc1. The Labute approximate surface area is 167 Å². The molecular formula is C22H30N2O4. The average Bonchev–Trinajstić information content (AvgIpc) is 2.72. The van der Waals surface area contributed by atoms with Gasteiger partial charge in [-0.1, -0.05) is 13.3 Å². The number of ether oxygens (including phenoxy) is 3. The molecule has 2 aromatic carbocycles. The lowest BCUT2D eigenvalue weighted by atomic mass is 10.1. The van der Waals surface area contributed by atoms with Crippen LogP contribution in [0.25, 0.3) is 0 Å². The zero-order chi connectivity index (χ0) is 20.4. The van der Waals surface area contributed by atoms with Gasteiger partial charge in [-0.05, 0) is 42.8 Å². The summed E-state index contributed by atoms with van der Waals surface area (Å²) in [6.45, 7) is 4.05. The molecule has 0 aliphatic carbocycles. The number of unbranched alkanes of at least 4 members (excludes halogenated alkanes) is 1. The van der Waals surface area contributed by atoms with Gasteiger partial charge in [0.05, 0.1) is 13.7 Å². The monoisotopic (exact) mass is 386 g/mol. The molecular weight excluding hydrogens is 356 g/mol. The van der Waals surface area contributed by atoms with E-state index < -0.39 is 0 Å². The van der Waals surface area contributed by atoms with Crippen LogP contribution in [-0.2, 0) is 4.74 Å². The Kier molecular flexibility index (Phi) is 8.62. The van der Waals surface area contributed by atoms with E-state index in [0.29, 0.717) is 36.0 Å². The molecule has 0 spiro atoms. The first-order valence-electron chi connectivity index (χ1n) is 9.51. The van der Waals surface area contributed by atoms with Crippen LogP contribution in [0, 0.1) is 0 Å². The first-order valence-corrected chi connectivity index (χ1v) is 9.51. The molecule has 0 heterocycles. The molecule has 6 heteroatoms. The van der Waals surface area contributed by atoms with Crippen LogP contribution in [0.15, 0.2) is 42.5 Å². The van der Waals surface area contributed by atoms with Gasteiger partial charge < -0.3 is 24.4 Å². The van der Waals surface area contributed by atoms with Crippen molar-refractivity contribution in [3.8, 4) is 11.5 Å². The molecule has 2 aromatic rings. The van der Waals surface area contributed by atoms with E-state index in [2.05, 4.69) is 24.2 Å². The quantitative estimate of drug-likeness (QED) is 0.586. The highest BCUT2D eigenvalue weighted by Crippen LogP contribution is 2.30. The lowest BCUT2D eigenvalue weighted by molar-refractivity contribution is 0.102. The number of rotatable bonds is 11. The third kappa shape index (κ3) is 6.16. The number of methoxy groups -OCH3 is 2. The number of hydrogen-bond donors (Lipinski definition) is 1. The van der Waals surface area contributed by atoms with Gasteiger partial charge >= 0.3 is 0 Å². The fraction of sp³-hybridized carbons (Fsp3) is 0.409. The molecule has 0 fully saturated rings. The van der Waals surface area contributed by atoms with Crippen molar-refractivity contribution >= 4 is 17.3 Å². The number of hydrogen-bond acceptors (Lipinski definition) is 5. The van der Waals surface area contributed by atoms with E-state index in [0.717, 1.165) is 25.1 Å². The second-order valence-corrected chi connectivity index (χ2v) is 6.48. The highest BCUT2D eigenvalue weighted by atomic mass is 16.5. The number of amides is 1. The number of carbonyl (C=O) groups excluding carboxylic acids is 1. The maximum atomic E-state index is 12.6. The standard InChI is InChI=1S/C22H30N2O4/c1-5-6-13-24(2)19-10-7-17(8-11-19)22(25)23-18-9-12-20(27-4)21(16-18)28-15-14-26-3/h7-12,16H,5-6,13-15H2,1-4H3,(H,23,25). The maximum Gasteiger partial charge on any atom is 0.255 e. The Morgan fingerprint density at radius 3 is 2.43 bits per heavy atom. The van der Waals surface area contributed by atoms with Gasteiger partial charge in [-0.15, -0.1) is 0 Å². The molecule has 0 saturated heterocycles. The molecule has 0 radical (unpaired) electrons. The van der Waals surface area contributed by atoms with Gasteiger partial charge in [0.25, 0.3) is 5.91 Å². The van der Waals surface area contributed by atoms with E-state index in [1.54, 1.807) is 32.4 Å². The van der Waals surface area contributed by atoms with Crippen LogP contribution in [0.1, 0.15) is 30.1 Å². The van der Waals surface area contributed by atoms with Crippen molar-refractivity contribution in [1.29, 1.82) is 0 Å². The van der Waals surface area contributed by atoms with E-state index in [4.69, 9.17) is 14.2 Å². The number of nitrogens with zero attached hydrogens (tertiary/aromatic N) is 1. The fourth-order valence-electron chi connectivity index (χ4n) is 2.70. The Bertz CT molecular complexity index is 747. The molecule has 0 atom stereocenters. The van der Waals surface area contributed by atoms with Gasteiger partial charge in [0, 0.05) is 43.7 Å². The predicted octanol–water partition coefficient (Wildman–Crippen LogP) is 4.21. The minimum absolute atomic E-state index is 0.171. The lowest BCUT2D eigenvalue weighted by Gasteiger charge is -2.19. The Morgan fingerprint density at radius 2 is 1.79 bits per heavy atom. The Balaban J connectivity index is 2.04. The molecule has 1 N–H and O–H groups in total. The topological polar surface area (TPSA) is 60.0 Å². The summed E-state index contributed by atoms with van der Waals surface area (Å²) < 4.78 is 16.0. The Hall–Kier alpha value is -2.73. The molecule has 152 valence electrons. The summed E-state index contributed by atoms with van der Waals surface area (Å²) in [5.41, 5.74) is 2.34. The fourth-order valence-corrected chi connectivity index (χ4v) is 2.70. The van der Waals surface area contributed by atoms with Crippen molar-refractivity contribution in [2.75, 3.05) is 51.2 Å². The summed E-state index contributed by atoms with van der Waals surface area (Å²) in [6.07, 6.45) is 2.30. The van der Waals surface area contributed by atoms with Crippen LogP contribution in [0.4, 0.5) is 11.4 Å². The molecule has 6 nitrogen and oxygen atoms in total. The van der Waals surface area contributed by atoms with Gasteiger partial charge in [-0.3, -0.25) is 4.79 Å². The molecule has 2 rings (SSSR count). The average molecular weight is 386 g/mol. The molecule has 28 heavy (non-hydrogen) atoms. The highest BCUT2D eigenvalue weighted by molar-refractivity contribution is 6.04. The van der Waals surface area contributed by atoms with Crippen LogP contribution in [0.3, 0.4) is 0 Å². The van der Waals surface area contributed by atoms with Crippen molar-refractivity contribution in [3.05, 3.63) is 48.0 Å². The molecule has 0 unspecified atom stereocenters. The van der Waals surface area contributed by atoms with Gasteiger partial charge in [-0.2, -0.15) is 0 Å². The number of carbonyl (C=O) groups is 1. The van der Waals surface area contributed by atoms with Crippen LogP contribution in [0.5, 0.6) is 11.5 Å². The molecule has 0 aliphatic heterocycles. The zero-order valence-electron chi connectivity index (χ0n) is 17.2. The number of anilines is 2. The van der Waals surface area contributed by atoms with Crippen molar-refractivity contribution in [1.82, 2.24) is 0 Å². The van der Waals surface area contributed by atoms with Crippen LogP contribution >= 0.6 is 0 Å². The maximum absolute atomic E-state index is 12.6. The first kappa shape index (κ1) is 21.6. The van der Waals surface area contributed by atoms with Crippen molar-refractivity contribution in [2.24, 2.45) is 0 Å². The normalized spacial score (nSPS) is 10.4. The first-order chi connectivity index (χ1) is 13.6. The summed E-state index contributed by atoms with van der Waals surface area (Å²) in [7, 11) is 5.26. The minimum atomic E-state index is -0.171. The van der Waals surface area contributed by atoms with E-state index in [1.807, 2.05) is 24.3 Å². The second kappa shape index (κ2) is 11.2. The summed E-state index contributed by atoms with van der Waals surface area (Å²) in [5.74, 6) is 0.995. The predicted molar refractivity (Wildman–Crippen MR) is 113 cm³/mol. The number of nitrogens with one attached hydrogen (secondary N) is 1. The van der Waals surface area contributed by atoms with Crippen LogP contribution in [0.2, 0.25) is 0 Å². The van der Waals surface area contributed by atoms with Crippen molar-refractivity contribution in [3.63, 3.8) is 0 Å². The van der Waals surface area contributed by atoms with Crippen molar-refractivity contribution in [2.45, 2.75) is 19.8 Å². The summed E-state index contributed by atoms with van der Waals surface area (Å²) in [6, 6.07) is 12.9. The Morgan fingerprint density at radius 1 is 1.04 bits per heavy atom. The van der Waals surface area contributed by atoms with Gasteiger partial charge in [0.2, 0.25) is 0 Å². The van der Waals surface area contributed by atoms with E-state index in [1.165, 1.54) is 0 Å². The van der Waals surface area contributed by atoms with Gasteiger partial charge in [0.1, 0.15) is 6.61 Å². The van der Waals surface area contributed by atoms with Gasteiger partial charge in [0.15, 0.2) is 11.5 Å². The zero-order valence-corrected chi connectivity index (χ0v) is 17.2. The molecule has 0 bridgehead atoms. The van der Waals surface area contributed by atoms with Crippen LogP contribution in [-0.4, -0.2) is 46.9 Å². The third-order valence-corrected chi connectivity index (χ3v) is 4.38. The van der Waals surface area contributed by atoms with E-state index in [-0.39, 0.29) is 5.91 Å². The third-order valence-electron chi connectivity index (χ3n) is 4.38. The van der Waals surface area contributed by atoms with Crippen LogP contribution < -0.4 is 19.7 Å². The number of benzene rings is 2. The van der Waals surface area contributed by atoms with Crippen molar-refractivity contribution < 1.29 is 19.0 Å². The molecule has 0 aromatic heterocycles. The van der Waals surface area contributed by atoms with E-state index in [9.17, 15) is 4.79 Å². The lowest BCUT2D eigenvalue weighted by Crippen LogP contribution is -2.18. The molecule has 0 aliphatic rings. The molecule has 0 saturated carbocycles. The summed E-state index contributed by atoms with van der Waals surface area (Å²) >= 11 is 0. The summed E-state index contributed by atoms with van der Waals surface area (Å²) in [5, 5.41) is 2.90. The largest absolute Gasteiger partial charge is 0.493 e. The minimum Gasteiger partial charge on any atom is -0.493 e. The summed E-state index contributed by atoms with van der Waals surface area (Å²) in [4.78, 5) is 14.8. The second-order valence-electron chi connectivity index (χ2n) is 6.48. The smallest absolute Gasteiger partial charge is 0.255 e. The van der Waals surface area contributed by atoms with E-state index >= 15 is 0 Å². The highest BCUT2D eigenvalue weighted by Gasteiger charge is 2.11. The van der Waals surface area contributed by atoms with Gasteiger partial charge in [-0.25, -0.2) is 0 Å². The molecule has 1 amide bonds.